The number of nitrogens with one attached hydrogen (secondary N) is 2. The molecule has 92 valence electrons. The monoisotopic (exact) mass is 235 g/mol. The van der Waals surface area contributed by atoms with E-state index in [1.165, 1.54) is 0 Å². The molecule has 1 unspecified atom stereocenters. The van der Waals surface area contributed by atoms with Gasteiger partial charge in [-0.15, -0.1) is 0 Å². The maximum atomic E-state index is 11.1. The SMILES string of the molecule is CNC(c1ccc2[nH]c(=O)oc2c1)C(C)(C)N. The first-order chi connectivity index (χ1) is 7.91. The van der Waals surface area contributed by atoms with E-state index in [-0.39, 0.29) is 6.04 Å². The van der Waals surface area contributed by atoms with E-state index in [1.807, 2.05) is 39.1 Å². The van der Waals surface area contributed by atoms with Crippen molar-refractivity contribution in [3.8, 4) is 0 Å². The van der Waals surface area contributed by atoms with Crippen LogP contribution in [0, 0.1) is 0 Å². The Bertz CT molecular complexity index is 577. The zero-order chi connectivity index (χ0) is 12.6. The molecular weight excluding hydrogens is 218 g/mol. The molecule has 0 fully saturated rings. The number of H-pyrrole nitrogens is 1. The van der Waals surface area contributed by atoms with Crippen molar-refractivity contribution in [1.82, 2.24) is 10.3 Å². The van der Waals surface area contributed by atoms with Crippen molar-refractivity contribution in [1.29, 1.82) is 0 Å². The summed E-state index contributed by atoms with van der Waals surface area (Å²) in [7, 11) is 1.86. The number of aromatic nitrogens is 1. The first kappa shape index (κ1) is 11.9. The summed E-state index contributed by atoms with van der Waals surface area (Å²) in [4.78, 5) is 13.7. The minimum Gasteiger partial charge on any atom is -0.408 e. The summed E-state index contributed by atoms with van der Waals surface area (Å²) in [6, 6.07) is 5.59. The summed E-state index contributed by atoms with van der Waals surface area (Å²) in [5, 5.41) is 3.17. The number of hydrogen-bond acceptors (Lipinski definition) is 4. The molecule has 0 saturated carbocycles. The lowest BCUT2D eigenvalue weighted by Gasteiger charge is -2.30. The van der Waals surface area contributed by atoms with Crippen LogP contribution in [-0.4, -0.2) is 17.6 Å². The van der Waals surface area contributed by atoms with Crippen molar-refractivity contribution < 1.29 is 4.42 Å². The van der Waals surface area contributed by atoms with Crippen LogP contribution in [-0.2, 0) is 0 Å². The van der Waals surface area contributed by atoms with Gasteiger partial charge in [-0.2, -0.15) is 0 Å². The highest BCUT2D eigenvalue weighted by Crippen LogP contribution is 2.25. The molecule has 1 atom stereocenters. The van der Waals surface area contributed by atoms with Crippen LogP contribution in [0.3, 0.4) is 0 Å². The Morgan fingerprint density at radius 3 is 2.76 bits per heavy atom. The van der Waals surface area contributed by atoms with Crippen LogP contribution in [0.5, 0.6) is 0 Å². The fourth-order valence-corrected chi connectivity index (χ4v) is 2.11. The Balaban J connectivity index is 2.51. The standard InChI is InChI=1S/C12H17N3O2/c1-12(2,13)10(14-3)7-4-5-8-9(6-7)17-11(16)15-8/h4-6,10,14H,13H2,1-3H3,(H,15,16). The molecule has 4 N–H and O–H groups in total. The fourth-order valence-electron chi connectivity index (χ4n) is 2.11. The van der Waals surface area contributed by atoms with Crippen LogP contribution < -0.4 is 16.8 Å². The molecule has 0 aliphatic heterocycles. The second-order valence-corrected chi connectivity index (χ2v) is 4.81. The van der Waals surface area contributed by atoms with Crippen molar-refractivity contribution in [3.05, 3.63) is 34.3 Å². The van der Waals surface area contributed by atoms with Gasteiger partial charge < -0.3 is 15.5 Å². The molecular formula is C12H17N3O2. The molecule has 0 saturated heterocycles. The van der Waals surface area contributed by atoms with Gasteiger partial charge in [-0.05, 0) is 38.6 Å². The van der Waals surface area contributed by atoms with Gasteiger partial charge in [0.15, 0.2) is 5.58 Å². The van der Waals surface area contributed by atoms with Crippen molar-refractivity contribution in [2.75, 3.05) is 7.05 Å². The maximum absolute atomic E-state index is 11.1. The lowest BCUT2D eigenvalue weighted by atomic mass is 9.89. The van der Waals surface area contributed by atoms with E-state index in [1.54, 1.807) is 0 Å². The third kappa shape index (κ3) is 2.25. The highest BCUT2D eigenvalue weighted by atomic mass is 16.4. The molecule has 1 heterocycles. The quantitative estimate of drug-likeness (QED) is 0.744. The number of oxazole rings is 1. The fraction of sp³-hybridized carbons (Fsp3) is 0.417. The van der Waals surface area contributed by atoms with E-state index in [2.05, 4.69) is 10.3 Å². The average Bonchev–Trinajstić information content (AvgIpc) is 2.56. The summed E-state index contributed by atoms with van der Waals surface area (Å²) < 4.78 is 5.04. The Morgan fingerprint density at radius 1 is 1.47 bits per heavy atom. The van der Waals surface area contributed by atoms with Crippen molar-refractivity contribution >= 4 is 11.1 Å². The highest BCUT2D eigenvalue weighted by molar-refractivity contribution is 5.73. The topological polar surface area (TPSA) is 84.0 Å². The van der Waals surface area contributed by atoms with Gasteiger partial charge in [0.2, 0.25) is 0 Å². The Hall–Kier alpha value is -1.59. The van der Waals surface area contributed by atoms with Crippen LogP contribution in [0.2, 0.25) is 0 Å². The normalized spacial score (nSPS) is 14.1. The summed E-state index contributed by atoms with van der Waals surface area (Å²) in [6.07, 6.45) is 0. The summed E-state index contributed by atoms with van der Waals surface area (Å²) >= 11 is 0. The second-order valence-electron chi connectivity index (χ2n) is 4.81. The molecule has 2 aromatic rings. The highest BCUT2D eigenvalue weighted by Gasteiger charge is 2.25. The number of nitrogens with two attached hydrogens (primary N) is 1. The summed E-state index contributed by atoms with van der Waals surface area (Å²) in [6.45, 7) is 3.90. The Kier molecular flexibility index (Phi) is 2.81. The molecule has 0 amide bonds. The van der Waals surface area contributed by atoms with Gasteiger partial charge in [0.25, 0.3) is 0 Å². The summed E-state index contributed by atoms with van der Waals surface area (Å²) in [5.74, 6) is -0.440. The number of fused-ring (bicyclic) bond motifs is 1. The lowest BCUT2D eigenvalue weighted by Crippen LogP contribution is -2.45. The first-order valence-corrected chi connectivity index (χ1v) is 5.51. The van der Waals surface area contributed by atoms with E-state index >= 15 is 0 Å². The number of likely N-dealkylation sites (N-methyl/N-ethyl adjacent to an activating group) is 1. The van der Waals surface area contributed by atoms with Gasteiger partial charge in [0.05, 0.1) is 5.52 Å². The maximum Gasteiger partial charge on any atom is 0.417 e. The predicted molar refractivity (Wildman–Crippen MR) is 66.9 cm³/mol. The Morgan fingerprint density at radius 2 is 2.18 bits per heavy atom. The van der Waals surface area contributed by atoms with E-state index in [9.17, 15) is 4.79 Å². The Labute approximate surface area is 99.0 Å². The molecule has 17 heavy (non-hydrogen) atoms. The molecule has 0 aliphatic rings. The predicted octanol–water partition coefficient (Wildman–Crippen LogP) is 1.12. The van der Waals surface area contributed by atoms with Crippen LogP contribution in [0.1, 0.15) is 25.5 Å². The largest absolute Gasteiger partial charge is 0.417 e. The van der Waals surface area contributed by atoms with E-state index in [0.717, 1.165) is 5.56 Å². The smallest absolute Gasteiger partial charge is 0.408 e. The number of aromatic amines is 1. The zero-order valence-corrected chi connectivity index (χ0v) is 10.2. The van der Waals surface area contributed by atoms with Crippen LogP contribution >= 0.6 is 0 Å². The third-order valence-corrected chi connectivity index (χ3v) is 2.81. The van der Waals surface area contributed by atoms with Gasteiger partial charge in [0, 0.05) is 11.6 Å². The lowest BCUT2D eigenvalue weighted by molar-refractivity contribution is 0.370. The molecule has 2 rings (SSSR count). The molecule has 1 aromatic heterocycles. The van der Waals surface area contributed by atoms with Gasteiger partial charge in [-0.25, -0.2) is 4.79 Å². The molecule has 0 spiro atoms. The number of hydrogen-bond donors (Lipinski definition) is 3. The third-order valence-electron chi connectivity index (χ3n) is 2.81. The number of benzene rings is 1. The average molecular weight is 235 g/mol. The zero-order valence-electron chi connectivity index (χ0n) is 10.2. The minimum absolute atomic E-state index is 0.00731. The first-order valence-electron chi connectivity index (χ1n) is 5.51. The van der Waals surface area contributed by atoms with E-state index in [0.29, 0.717) is 11.1 Å². The molecule has 1 aromatic carbocycles. The van der Waals surface area contributed by atoms with Crippen LogP contribution in [0.25, 0.3) is 11.1 Å². The molecule has 5 heteroatoms. The van der Waals surface area contributed by atoms with Gasteiger partial charge in [-0.1, -0.05) is 6.07 Å². The molecule has 5 nitrogen and oxygen atoms in total. The van der Waals surface area contributed by atoms with Crippen LogP contribution in [0.4, 0.5) is 0 Å². The molecule has 0 aliphatic carbocycles. The minimum atomic E-state index is -0.440. The molecule has 0 bridgehead atoms. The van der Waals surface area contributed by atoms with Crippen molar-refractivity contribution in [2.45, 2.75) is 25.4 Å². The van der Waals surface area contributed by atoms with E-state index < -0.39 is 11.3 Å². The van der Waals surface area contributed by atoms with Crippen molar-refractivity contribution in [2.24, 2.45) is 5.73 Å². The summed E-state index contributed by atoms with van der Waals surface area (Å²) in [5.41, 5.74) is 7.95. The van der Waals surface area contributed by atoms with E-state index in [4.69, 9.17) is 10.2 Å². The van der Waals surface area contributed by atoms with Gasteiger partial charge in [-0.3, -0.25) is 4.98 Å². The molecule has 0 radical (unpaired) electrons. The van der Waals surface area contributed by atoms with Crippen molar-refractivity contribution in [3.63, 3.8) is 0 Å². The number of rotatable bonds is 3. The van der Waals surface area contributed by atoms with Gasteiger partial charge in [0.1, 0.15) is 0 Å². The van der Waals surface area contributed by atoms with Crippen LogP contribution in [0.15, 0.2) is 27.4 Å². The van der Waals surface area contributed by atoms with Gasteiger partial charge >= 0.3 is 5.76 Å². The second kappa shape index (κ2) is 4.01.